The number of fused-ring (bicyclic) bond motifs is 1. The quantitative estimate of drug-likeness (QED) is 0.919. The van der Waals surface area contributed by atoms with E-state index in [1.807, 2.05) is 6.92 Å². The van der Waals surface area contributed by atoms with Gasteiger partial charge in [0.25, 0.3) is 0 Å². The lowest BCUT2D eigenvalue weighted by molar-refractivity contribution is 0.407. The predicted octanol–water partition coefficient (Wildman–Crippen LogP) is 2.43. The molecule has 1 aliphatic heterocycles. The van der Waals surface area contributed by atoms with Gasteiger partial charge in [0.1, 0.15) is 11.6 Å². The lowest BCUT2D eigenvalue weighted by Crippen LogP contribution is -2.28. The predicted molar refractivity (Wildman–Crippen MR) is 90.1 cm³/mol. The molecule has 128 valence electrons. The van der Waals surface area contributed by atoms with Crippen LogP contribution in [0.15, 0.2) is 41.3 Å². The third kappa shape index (κ3) is 3.09. The van der Waals surface area contributed by atoms with E-state index in [0.29, 0.717) is 18.7 Å². The summed E-state index contributed by atoms with van der Waals surface area (Å²) < 4.78 is 41.9. The number of hydrogen-bond acceptors (Lipinski definition) is 4. The summed E-state index contributed by atoms with van der Waals surface area (Å²) in [5, 5.41) is 5.20. The van der Waals surface area contributed by atoms with Crippen molar-refractivity contribution in [3.8, 4) is 5.75 Å². The van der Waals surface area contributed by atoms with Crippen LogP contribution in [0.4, 0.5) is 10.1 Å². The lowest BCUT2D eigenvalue weighted by atomic mass is 10.1. The smallest absolute Gasteiger partial charge is 0.238 e. The molecule has 2 N–H and O–H groups in total. The summed E-state index contributed by atoms with van der Waals surface area (Å²) in [6.07, 6.45) is 0.705. The van der Waals surface area contributed by atoms with Gasteiger partial charge in [0.2, 0.25) is 10.0 Å². The molecule has 0 bridgehead atoms. The van der Waals surface area contributed by atoms with Crippen LogP contribution in [0.3, 0.4) is 0 Å². The van der Waals surface area contributed by atoms with Crippen LogP contribution in [0.25, 0.3) is 0 Å². The summed E-state index contributed by atoms with van der Waals surface area (Å²) in [5.74, 6) is 0.306. The van der Waals surface area contributed by atoms with Gasteiger partial charge < -0.3 is 9.64 Å². The monoisotopic (exact) mass is 350 g/mol. The van der Waals surface area contributed by atoms with E-state index in [4.69, 9.17) is 9.88 Å². The highest BCUT2D eigenvalue weighted by Gasteiger charge is 2.28. The molecule has 0 spiro atoms. The Kier molecular flexibility index (Phi) is 4.23. The largest absolute Gasteiger partial charge is 0.496 e. The van der Waals surface area contributed by atoms with Crippen LogP contribution >= 0.6 is 0 Å². The van der Waals surface area contributed by atoms with Crippen LogP contribution in [0.1, 0.15) is 18.1 Å². The second-order valence-corrected chi connectivity index (χ2v) is 7.53. The molecule has 1 aliphatic rings. The van der Waals surface area contributed by atoms with Crippen LogP contribution in [0.2, 0.25) is 0 Å². The van der Waals surface area contributed by atoms with E-state index in [9.17, 15) is 12.8 Å². The molecule has 24 heavy (non-hydrogen) atoms. The normalized spacial score (nSPS) is 17.0. The Bertz CT molecular complexity index is 883. The highest BCUT2D eigenvalue weighted by Crippen LogP contribution is 2.36. The fourth-order valence-corrected chi connectivity index (χ4v) is 3.71. The van der Waals surface area contributed by atoms with Gasteiger partial charge in [-0.1, -0.05) is 0 Å². The van der Waals surface area contributed by atoms with E-state index in [2.05, 4.69) is 4.90 Å². The van der Waals surface area contributed by atoms with E-state index in [1.54, 1.807) is 25.3 Å². The first-order chi connectivity index (χ1) is 11.3. The Hall–Kier alpha value is -2.12. The number of primary sulfonamides is 1. The van der Waals surface area contributed by atoms with Crippen molar-refractivity contribution in [2.75, 3.05) is 12.0 Å². The number of rotatable bonds is 4. The minimum absolute atomic E-state index is 0.110. The average Bonchev–Trinajstić information content (AvgIpc) is 2.82. The van der Waals surface area contributed by atoms with Crippen LogP contribution in [0.5, 0.6) is 5.75 Å². The maximum Gasteiger partial charge on any atom is 0.238 e. The zero-order valence-electron chi connectivity index (χ0n) is 13.5. The molecule has 0 aliphatic carbocycles. The molecule has 1 atom stereocenters. The van der Waals surface area contributed by atoms with Crippen molar-refractivity contribution < 1.29 is 17.5 Å². The summed E-state index contributed by atoms with van der Waals surface area (Å²) in [6, 6.07) is 9.46. The Morgan fingerprint density at radius 2 is 2.04 bits per heavy atom. The number of benzene rings is 2. The van der Waals surface area contributed by atoms with Crippen molar-refractivity contribution in [1.82, 2.24) is 0 Å². The molecule has 0 aromatic heterocycles. The van der Waals surface area contributed by atoms with Crippen LogP contribution in [-0.2, 0) is 23.0 Å². The second kappa shape index (κ2) is 6.07. The van der Waals surface area contributed by atoms with Crippen molar-refractivity contribution in [3.05, 3.63) is 53.3 Å². The molecule has 1 heterocycles. The fraction of sp³-hybridized carbons (Fsp3) is 0.294. The minimum Gasteiger partial charge on any atom is -0.496 e. The lowest BCUT2D eigenvalue weighted by Gasteiger charge is -2.26. The van der Waals surface area contributed by atoms with Gasteiger partial charge >= 0.3 is 0 Å². The van der Waals surface area contributed by atoms with Gasteiger partial charge in [0.15, 0.2) is 0 Å². The van der Waals surface area contributed by atoms with Gasteiger partial charge in [0.05, 0.1) is 12.0 Å². The number of halogens is 1. The topological polar surface area (TPSA) is 72.6 Å². The van der Waals surface area contributed by atoms with E-state index < -0.39 is 10.0 Å². The molecule has 0 fully saturated rings. The third-order valence-corrected chi connectivity index (χ3v) is 5.23. The van der Waals surface area contributed by atoms with Crippen molar-refractivity contribution in [3.63, 3.8) is 0 Å². The zero-order valence-corrected chi connectivity index (χ0v) is 14.3. The van der Waals surface area contributed by atoms with Crippen molar-refractivity contribution in [2.24, 2.45) is 5.14 Å². The first kappa shape index (κ1) is 16.7. The summed E-state index contributed by atoms with van der Waals surface area (Å²) in [7, 11) is -2.17. The number of sulfonamides is 1. The molecule has 0 amide bonds. The molecular formula is C17H19FN2O3S. The highest BCUT2D eigenvalue weighted by molar-refractivity contribution is 7.89. The van der Waals surface area contributed by atoms with E-state index in [0.717, 1.165) is 16.8 Å². The molecule has 5 nitrogen and oxygen atoms in total. The zero-order chi connectivity index (χ0) is 17.5. The fourth-order valence-electron chi connectivity index (χ4n) is 3.14. The summed E-state index contributed by atoms with van der Waals surface area (Å²) in [5.41, 5.74) is 2.60. The Morgan fingerprint density at radius 3 is 2.71 bits per heavy atom. The number of methoxy groups -OCH3 is 1. The maximum absolute atomic E-state index is 13.6. The number of nitrogens with two attached hydrogens (primary N) is 1. The van der Waals surface area contributed by atoms with Gasteiger partial charge in [-0.2, -0.15) is 0 Å². The molecule has 0 unspecified atom stereocenters. The van der Waals surface area contributed by atoms with Gasteiger partial charge in [-0.3, -0.25) is 0 Å². The molecule has 0 saturated carbocycles. The molecule has 2 aromatic rings. The third-order valence-electron chi connectivity index (χ3n) is 4.32. The van der Waals surface area contributed by atoms with E-state index >= 15 is 0 Å². The Morgan fingerprint density at radius 1 is 1.29 bits per heavy atom. The number of nitrogens with zero attached hydrogens (tertiary/aromatic N) is 1. The molecule has 0 saturated heterocycles. The molecular weight excluding hydrogens is 331 g/mol. The Balaban J connectivity index is 1.96. The van der Waals surface area contributed by atoms with Crippen molar-refractivity contribution in [2.45, 2.75) is 30.8 Å². The average molecular weight is 350 g/mol. The summed E-state index contributed by atoms with van der Waals surface area (Å²) in [4.78, 5) is 2.22. The van der Waals surface area contributed by atoms with Gasteiger partial charge in [0, 0.05) is 23.8 Å². The van der Waals surface area contributed by atoms with Gasteiger partial charge in [-0.25, -0.2) is 17.9 Å². The Labute approximate surface area is 140 Å². The van der Waals surface area contributed by atoms with Crippen LogP contribution in [0, 0.1) is 5.82 Å². The summed E-state index contributed by atoms with van der Waals surface area (Å²) >= 11 is 0. The molecule has 2 aromatic carbocycles. The van der Waals surface area contributed by atoms with Gasteiger partial charge in [-0.05, 0) is 55.3 Å². The van der Waals surface area contributed by atoms with Crippen LogP contribution < -0.4 is 14.8 Å². The van der Waals surface area contributed by atoms with Crippen molar-refractivity contribution in [1.29, 1.82) is 0 Å². The molecule has 7 heteroatoms. The van der Waals surface area contributed by atoms with E-state index in [1.165, 1.54) is 18.2 Å². The number of hydrogen-bond donors (Lipinski definition) is 1. The first-order valence-electron chi connectivity index (χ1n) is 7.54. The first-order valence-corrected chi connectivity index (χ1v) is 9.09. The molecule has 0 radical (unpaired) electrons. The molecule has 3 rings (SSSR count). The minimum atomic E-state index is -3.72. The SMILES string of the molecule is COc1ccc(F)cc1CN1c2ccc(S(N)(=O)=O)cc2C[C@H]1C. The van der Waals surface area contributed by atoms with Crippen molar-refractivity contribution >= 4 is 15.7 Å². The maximum atomic E-state index is 13.6. The number of ether oxygens (including phenoxy) is 1. The summed E-state index contributed by atoms with van der Waals surface area (Å²) in [6.45, 7) is 2.52. The van der Waals surface area contributed by atoms with Gasteiger partial charge in [-0.15, -0.1) is 0 Å². The number of anilines is 1. The second-order valence-electron chi connectivity index (χ2n) is 5.97. The van der Waals surface area contributed by atoms with E-state index in [-0.39, 0.29) is 16.8 Å². The standard InChI is InChI=1S/C17H19FN2O3S/c1-11-7-12-9-15(24(19,21)22)4-5-16(12)20(11)10-13-8-14(18)3-6-17(13)23-2/h3-6,8-9,11H,7,10H2,1-2H3,(H2,19,21,22)/t11-/m1/s1. The highest BCUT2D eigenvalue weighted by atomic mass is 32.2. The van der Waals surface area contributed by atoms with Crippen LogP contribution in [-0.4, -0.2) is 21.6 Å².